The molecule has 0 spiro atoms. The lowest BCUT2D eigenvalue weighted by atomic mass is 9.91. The van der Waals surface area contributed by atoms with E-state index >= 15 is 0 Å². The van der Waals surface area contributed by atoms with Gasteiger partial charge in [-0.1, -0.05) is 66.4 Å². The summed E-state index contributed by atoms with van der Waals surface area (Å²) in [7, 11) is 1.60. The van der Waals surface area contributed by atoms with Gasteiger partial charge in [-0.05, 0) is 30.5 Å². The van der Waals surface area contributed by atoms with Crippen molar-refractivity contribution in [2.75, 3.05) is 20.3 Å². The molecule has 40 heavy (non-hydrogen) atoms. The van der Waals surface area contributed by atoms with Crippen LogP contribution in [0.5, 0.6) is 5.75 Å². The first-order valence-corrected chi connectivity index (χ1v) is 14.0. The van der Waals surface area contributed by atoms with Gasteiger partial charge in [0.05, 0.1) is 37.4 Å². The van der Waals surface area contributed by atoms with Crippen molar-refractivity contribution in [1.82, 2.24) is 15.2 Å². The SMILES string of the molecule is CCOC(=O)C1=C(c2ccccc2)N=C2SC=C(CC(=O)NCCc3ccccn3)N2[C@H]1c1ccccc1OC. The molecular weight excluding hydrogens is 524 g/mol. The van der Waals surface area contributed by atoms with Crippen LogP contribution < -0.4 is 10.1 Å². The van der Waals surface area contributed by atoms with E-state index in [1.165, 1.54) is 11.8 Å². The molecule has 9 heteroatoms. The molecule has 2 aliphatic heterocycles. The Morgan fingerprint density at radius 2 is 1.80 bits per heavy atom. The van der Waals surface area contributed by atoms with E-state index in [4.69, 9.17) is 14.5 Å². The zero-order valence-corrected chi connectivity index (χ0v) is 23.2. The number of carbonyl (C=O) groups is 2. The number of thioether (sulfide) groups is 1. The van der Waals surface area contributed by atoms with Gasteiger partial charge in [-0.2, -0.15) is 0 Å². The van der Waals surface area contributed by atoms with E-state index < -0.39 is 12.0 Å². The molecule has 1 N–H and O–H groups in total. The summed E-state index contributed by atoms with van der Waals surface area (Å²) in [6.45, 7) is 2.47. The summed E-state index contributed by atoms with van der Waals surface area (Å²) in [6.07, 6.45) is 2.50. The lowest BCUT2D eigenvalue weighted by Crippen LogP contribution is -2.38. The number of carbonyl (C=O) groups excluding carboxylic acids is 2. The Morgan fingerprint density at radius 3 is 2.55 bits per heavy atom. The molecule has 2 aromatic carbocycles. The zero-order valence-electron chi connectivity index (χ0n) is 22.4. The maximum atomic E-state index is 13.6. The second-order valence-corrected chi connectivity index (χ2v) is 9.92. The summed E-state index contributed by atoms with van der Waals surface area (Å²) in [6, 6.07) is 22.3. The lowest BCUT2D eigenvalue weighted by molar-refractivity contribution is -0.139. The van der Waals surface area contributed by atoms with E-state index in [0.717, 1.165) is 22.5 Å². The van der Waals surface area contributed by atoms with Crippen LogP contribution in [-0.4, -0.2) is 47.2 Å². The highest BCUT2D eigenvalue weighted by Crippen LogP contribution is 2.48. The van der Waals surface area contributed by atoms with Crippen molar-refractivity contribution >= 4 is 34.5 Å². The van der Waals surface area contributed by atoms with E-state index in [-0.39, 0.29) is 18.9 Å². The summed E-state index contributed by atoms with van der Waals surface area (Å²) in [5, 5.41) is 5.60. The van der Waals surface area contributed by atoms with Crippen LogP contribution in [0.25, 0.3) is 5.70 Å². The Kier molecular flexibility index (Phi) is 8.61. The first kappa shape index (κ1) is 27.2. The maximum absolute atomic E-state index is 13.6. The standard InChI is InChI=1S/C31H30N4O4S/c1-3-39-30(37)27-28(21-11-5-4-6-12-21)34-31-35(29(27)24-14-7-8-15-25(24)38-2)23(20-40-31)19-26(36)33-18-16-22-13-9-10-17-32-22/h4-15,17,20,29H,3,16,18-19H2,1-2H3,(H,33,36)/t29-/m0/s1. The third kappa shape index (κ3) is 5.79. The van der Waals surface area contributed by atoms with Gasteiger partial charge in [0.25, 0.3) is 0 Å². The Hall–Kier alpha value is -4.37. The topological polar surface area (TPSA) is 93.1 Å². The van der Waals surface area contributed by atoms with Crippen molar-refractivity contribution in [3.05, 3.63) is 112 Å². The molecule has 3 heterocycles. The molecule has 0 bridgehead atoms. The number of amides is 1. The molecule has 0 saturated carbocycles. The van der Waals surface area contributed by atoms with Crippen molar-refractivity contribution in [3.63, 3.8) is 0 Å². The Morgan fingerprint density at radius 1 is 1.02 bits per heavy atom. The summed E-state index contributed by atoms with van der Waals surface area (Å²) < 4.78 is 11.3. The molecule has 8 nitrogen and oxygen atoms in total. The van der Waals surface area contributed by atoms with Crippen LogP contribution >= 0.6 is 11.8 Å². The van der Waals surface area contributed by atoms with Gasteiger partial charge in [0.15, 0.2) is 5.17 Å². The van der Waals surface area contributed by atoms with Crippen LogP contribution in [0.4, 0.5) is 0 Å². The minimum atomic E-state index is -0.611. The van der Waals surface area contributed by atoms with E-state index in [1.807, 2.05) is 83.1 Å². The number of benzene rings is 2. The molecule has 1 amide bonds. The first-order valence-electron chi connectivity index (χ1n) is 13.1. The summed E-state index contributed by atoms with van der Waals surface area (Å²) >= 11 is 1.43. The number of ether oxygens (including phenoxy) is 2. The number of aromatic nitrogens is 1. The van der Waals surface area contributed by atoms with Crippen LogP contribution in [0.15, 0.2) is 101 Å². The maximum Gasteiger partial charge on any atom is 0.338 e. The summed E-state index contributed by atoms with van der Waals surface area (Å²) in [4.78, 5) is 37.9. The van der Waals surface area contributed by atoms with Crippen molar-refractivity contribution < 1.29 is 19.1 Å². The Bertz CT molecular complexity index is 1470. The number of aliphatic imine (C=N–C) groups is 1. The van der Waals surface area contributed by atoms with Crippen LogP contribution in [0.2, 0.25) is 0 Å². The molecule has 1 aromatic heterocycles. The second kappa shape index (κ2) is 12.7. The molecule has 3 aromatic rings. The number of rotatable bonds is 10. The molecule has 2 aliphatic rings. The third-order valence-corrected chi connectivity index (χ3v) is 7.45. The quantitative estimate of drug-likeness (QED) is 0.348. The Labute approximate surface area is 237 Å². The molecule has 0 aliphatic carbocycles. The molecule has 204 valence electrons. The summed E-state index contributed by atoms with van der Waals surface area (Å²) in [5.41, 5.74) is 4.17. The average Bonchev–Trinajstić information content (AvgIpc) is 3.39. The molecule has 0 unspecified atom stereocenters. The van der Waals surface area contributed by atoms with Crippen molar-refractivity contribution in [2.45, 2.75) is 25.8 Å². The van der Waals surface area contributed by atoms with Gasteiger partial charge in [0, 0.05) is 41.7 Å². The minimum absolute atomic E-state index is 0.122. The number of pyridine rings is 1. The number of para-hydroxylation sites is 1. The third-order valence-electron chi connectivity index (χ3n) is 6.56. The zero-order chi connectivity index (χ0) is 27.9. The van der Waals surface area contributed by atoms with Gasteiger partial charge in [-0.3, -0.25) is 9.78 Å². The number of esters is 1. The highest BCUT2D eigenvalue weighted by molar-refractivity contribution is 8.16. The lowest BCUT2D eigenvalue weighted by Gasteiger charge is -2.37. The van der Waals surface area contributed by atoms with Gasteiger partial charge in [0.1, 0.15) is 5.75 Å². The molecule has 0 fully saturated rings. The van der Waals surface area contributed by atoms with E-state index in [1.54, 1.807) is 20.2 Å². The molecule has 1 atom stereocenters. The van der Waals surface area contributed by atoms with Crippen LogP contribution in [0.1, 0.15) is 36.2 Å². The second-order valence-electron chi connectivity index (χ2n) is 9.08. The number of hydrogen-bond acceptors (Lipinski definition) is 8. The number of nitrogens with one attached hydrogen (secondary N) is 1. The highest BCUT2D eigenvalue weighted by Gasteiger charge is 2.43. The van der Waals surface area contributed by atoms with Gasteiger partial charge in [0.2, 0.25) is 5.91 Å². The predicted octanol–water partition coefficient (Wildman–Crippen LogP) is 5.11. The fourth-order valence-electron chi connectivity index (χ4n) is 4.78. The van der Waals surface area contributed by atoms with E-state index in [2.05, 4.69) is 10.3 Å². The fourth-order valence-corrected chi connectivity index (χ4v) is 5.70. The number of fused-ring (bicyclic) bond motifs is 1. The van der Waals surface area contributed by atoms with Crippen molar-refractivity contribution in [3.8, 4) is 5.75 Å². The van der Waals surface area contributed by atoms with Gasteiger partial charge < -0.3 is 19.7 Å². The number of methoxy groups -OCH3 is 1. The normalized spacial score (nSPS) is 16.1. The monoisotopic (exact) mass is 554 g/mol. The average molecular weight is 555 g/mol. The van der Waals surface area contributed by atoms with E-state index in [9.17, 15) is 9.59 Å². The first-order chi connectivity index (χ1) is 19.6. The van der Waals surface area contributed by atoms with Gasteiger partial charge >= 0.3 is 5.97 Å². The predicted molar refractivity (Wildman–Crippen MR) is 156 cm³/mol. The number of nitrogens with zero attached hydrogens (tertiary/aromatic N) is 3. The smallest absolute Gasteiger partial charge is 0.338 e. The Balaban J connectivity index is 1.50. The molecule has 0 saturated heterocycles. The largest absolute Gasteiger partial charge is 0.496 e. The molecule has 0 radical (unpaired) electrons. The van der Waals surface area contributed by atoms with Crippen molar-refractivity contribution in [2.24, 2.45) is 4.99 Å². The van der Waals surface area contributed by atoms with Crippen LogP contribution in [0.3, 0.4) is 0 Å². The van der Waals surface area contributed by atoms with Crippen LogP contribution in [-0.2, 0) is 20.7 Å². The highest BCUT2D eigenvalue weighted by atomic mass is 32.2. The van der Waals surface area contributed by atoms with Gasteiger partial charge in [-0.25, -0.2) is 9.79 Å². The van der Waals surface area contributed by atoms with E-state index in [0.29, 0.717) is 35.2 Å². The number of hydrogen-bond donors (Lipinski definition) is 1. The number of amidine groups is 1. The minimum Gasteiger partial charge on any atom is -0.496 e. The molecular formula is C31H30N4O4S. The van der Waals surface area contributed by atoms with Crippen LogP contribution in [0, 0.1) is 0 Å². The molecule has 5 rings (SSSR count). The van der Waals surface area contributed by atoms with Crippen molar-refractivity contribution in [1.29, 1.82) is 0 Å². The summed E-state index contributed by atoms with van der Waals surface area (Å²) in [5.74, 6) is 0.0356. The van der Waals surface area contributed by atoms with Gasteiger partial charge in [-0.15, -0.1) is 0 Å². The fraction of sp³-hybridized carbons (Fsp3) is 0.226.